The molecule has 0 saturated heterocycles. The van der Waals surface area contributed by atoms with Crippen molar-refractivity contribution in [2.24, 2.45) is 7.05 Å². The summed E-state index contributed by atoms with van der Waals surface area (Å²) in [5.74, 6) is 0.652. The molecule has 0 bridgehead atoms. The number of aromatic amines is 1. The minimum atomic E-state index is -3.85. The molecule has 0 atom stereocenters. The Morgan fingerprint density at radius 2 is 1.86 bits per heavy atom. The summed E-state index contributed by atoms with van der Waals surface area (Å²) in [6.45, 7) is 10.3. The number of likely N-dealkylation sites (N-methyl/N-ethyl adjacent to an activating group) is 2. The van der Waals surface area contributed by atoms with Crippen molar-refractivity contribution in [1.82, 2.24) is 29.0 Å². The SMILES string of the molecule is CCCc1nn(C)c2c(=O)[nH]c(-c3cc(S(=O)(=O)N(CC)CCN(CC)CCO)ccc3OCC)nc12. The Kier molecular flexibility index (Phi) is 9.82. The molecular weight excluding hydrogens is 496 g/mol. The summed E-state index contributed by atoms with van der Waals surface area (Å²) in [4.78, 5) is 22.6. The molecule has 0 aliphatic carbocycles. The van der Waals surface area contributed by atoms with Crippen LogP contribution in [-0.4, -0.2) is 88.4 Å². The van der Waals surface area contributed by atoms with Gasteiger partial charge in [0.2, 0.25) is 10.0 Å². The lowest BCUT2D eigenvalue weighted by Gasteiger charge is -2.25. The summed E-state index contributed by atoms with van der Waals surface area (Å²) < 4.78 is 35.9. The molecule has 37 heavy (non-hydrogen) atoms. The third kappa shape index (κ3) is 6.20. The van der Waals surface area contributed by atoms with Crippen molar-refractivity contribution in [2.45, 2.75) is 45.4 Å². The van der Waals surface area contributed by atoms with Crippen LogP contribution in [0.1, 0.15) is 39.8 Å². The molecule has 11 nitrogen and oxygen atoms in total. The third-order valence-corrected chi connectivity index (χ3v) is 8.25. The predicted octanol–water partition coefficient (Wildman–Crippen LogP) is 2.00. The summed E-state index contributed by atoms with van der Waals surface area (Å²) in [6, 6.07) is 4.62. The highest BCUT2D eigenvalue weighted by atomic mass is 32.2. The number of aliphatic hydroxyl groups is 1. The number of rotatable bonds is 14. The molecule has 0 fully saturated rings. The van der Waals surface area contributed by atoms with Crippen LogP contribution < -0.4 is 10.3 Å². The number of nitrogens with one attached hydrogen (secondary N) is 1. The van der Waals surface area contributed by atoms with Crippen LogP contribution in [0, 0.1) is 0 Å². The van der Waals surface area contributed by atoms with Crippen LogP contribution in [0.15, 0.2) is 27.9 Å². The maximum absolute atomic E-state index is 13.6. The van der Waals surface area contributed by atoms with E-state index >= 15 is 0 Å². The maximum atomic E-state index is 13.6. The molecule has 0 saturated carbocycles. The van der Waals surface area contributed by atoms with Crippen LogP contribution in [0.3, 0.4) is 0 Å². The lowest BCUT2D eigenvalue weighted by molar-refractivity contribution is 0.194. The van der Waals surface area contributed by atoms with Crippen molar-refractivity contribution in [2.75, 3.05) is 45.9 Å². The largest absolute Gasteiger partial charge is 0.493 e. The molecule has 2 heterocycles. The van der Waals surface area contributed by atoms with E-state index in [2.05, 4.69) is 10.1 Å². The number of hydrogen-bond acceptors (Lipinski definition) is 8. The predicted molar refractivity (Wildman–Crippen MR) is 143 cm³/mol. The first-order valence-electron chi connectivity index (χ1n) is 12.8. The summed E-state index contributed by atoms with van der Waals surface area (Å²) in [5.41, 5.74) is 1.62. The van der Waals surface area contributed by atoms with Gasteiger partial charge < -0.3 is 19.7 Å². The highest BCUT2D eigenvalue weighted by Gasteiger charge is 2.26. The lowest BCUT2D eigenvalue weighted by atomic mass is 10.1. The molecule has 0 radical (unpaired) electrons. The molecule has 204 valence electrons. The molecular formula is C25H38N6O5S. The van der Waals surface area contributed by atoms with Crippen LogP contribution in [0.2, 0.25) is 0 Å². The van der Waals surface area contributed by atoms with Gasteiger partial charge in [-0.3, -0.25) is 9.48 Å². The molecule has 2 aromatic heterocycles. The second-order valence-electron chi connectivity index (χ2n) is 8.68. The second kappa shape index (κ2) is 12.6. The van der Waals surface area contributed by atoms with Gasteiger partial charge in [0, 0.05) is 33.2 Å². The number of aliphatic hydroxyl groups excluding tert-OH is 1. The zero-order valence-corrected chi connectivity index (χ0v) is 23.1. The fraction of sp³-hybridized carbons (Fsp3) is 0.560. The molecule has 0 amide bonds. The van der Waals surface area contributed by atoms with E-state index in [1.54, 1.807) is 20.0 Å². The number of fused-ring (bicyclic) bond motifs is 1. The van der Waals surface area contributed by atoms with E-state index in [1.165, 1.54) is 21.1 Å². The Hall–Kier alpha value is -2.80. The maximum Gasteiger partial charge on any atom is 0.277 e. The van der Waals surface area contributed by atoms with Gasteiger partial charge in [0.05, 0.1) is 29.4 Å². The Morgan fingerprint density at radius 1 is 1.11 bits per heavy atom. The quantitative estimate of drug-likeness (QED) is 0.321. The van der Waals surface area contributed by atoms with Crippen molar-refractivity contribution < 1.29 is 18.3 Å². The van der Waals surface area contributed by atoms with Gasteiger partial charge in [0.1, 0.15) is 17.1 Å². The molecule has 3 rings (SSSR count). The van der Waals surface area contributed by atoms with Gasteiger partial charge in [-0.2, -0.15) is 9.40 Å². The van der Waals surface area contributed by atoms with E-state index in [-0.39, 0.29) is 29.4 Å². The number of nitrogens with zero attached hydrogens (tertiary/aromatic N) is 5. The zero-order chi connectivity index (χ0) is 27.2. The van der Waals surface area contributed by atoms with Crippen LogP contribution in [0.4, 0.5) is 0 Å². The van der Waals surface area contributed by atoms with Crippen molar-refractivity contribution in [3.63, 3.8) is 0 Å². The van der Waals surface area contributed by atoms with Crippen molar-refractivity contribution >= 4 is 21.1 Å². The van der Waals surface area contributed by atoms with Gasteiger partial charge in [-0.15, -0.1) is 0 Å². The van der Waals surface area contributed by atoms with Crippen LogP contribution >= 0.6 is 0 Å². The Bertz CT molecular complexity index is 1370. The molecule has 2 N–H and O–H groups in total. The number of benzene rings is 1. The standard InChI is InChI=1S/C25H38N6O5S/c1-6-10-20-22-23(29(5)28-20)25(33)27-24(26-22)19-17-18(11-12-21(19)36-9-4)37(34,35)31(8-3)14-13-30(7-2)15-16-32/h11-12,17,32H,6-10,13-16H2,1-5H3,(H,26,27,33). The Balaban J connectivity index is 2.09. The molecule has 0 unspecified atom stereocenters. The number of sulfonamides is 1. The third-order valence-electron chi connectivity index (χ3n) is 6.27. The topological polar surface area (TPSA) is 134 Å². The minimum Gasteiger partial charge on any atom is -0.493 e. The number of H-pyrrole nitrogens is 1. The molecule has 0 aliphatic rings. The van der Waals surface area contributed by atoms with Gasteiger partial charge in [-0.25, -0.2) is 13.4 Å². The number of ether oxygens (including phenoxy) is 1. The van der Waals surface area contributed by atoms with E-state index in [9.17, 15) is 18.3 Å². The van der Waals surface area contributed by atoms with Gasteiger partial charge in [-0.1, -0.05) is 27.2 Å². The molecule has 1 aromatic carbocycles. The normalized spacial score (nSPS) is 12.2. The van der Waals surface area contributed by atoms with E-state index in [0.29, 0.717) is 61.6 Å². The van der Waals surface area contributed by atoms with Crippen molar-refractivity contribution in [3.05, 3.63) is 34.2 Å². The Labute approximate surface area is 218 Å². The first kappa shape index (κ1) is 28.8. The smallest absolute Gasteiger partial charge is 0.277 e. The van der Waals surface area contributed by atoms with Crippen LogP contribution in [-0.2, 0) is 23.5 Å². The summed E-state index contributed by atoms with van der Waals surface area (Å²) in [5, 5.41) is 13.7. The summed E-state index contributed by atoms with van der Waals surface area (Å²) >= 11 is 0. The molecule has 0 spiro atoms. The average molecular weight is 535 g/mol. The van der Waals surface area contributed by atoms with Gasteiger partial charge in [-0.05, 0) is 38.1 Å². The van der Waals surface area contributed by atoms with Gasteiger partial charge in [0.25, 0.3) is 5.56 Å². The fourth-order valence-electron chi connectivity index (χ4n) is 4.34. The van der Waals surface area contributed by atoms with Crippen LogP contribution in [0.5, 0.6) is 5.75 Å². The number of aryl methyl sites for hydroxylation is 2. The molecule has 3 aromatic rings. The molecule has 12 heteroatoms. The van der Waals surface area contributed by atoms with E-state index in [1.807, 2.05) is 25.7 Å². The van der Waals surface area contributed by atoms with Gasteiger partial charge in [0.15, 0.2) is 5.52 Å². The minimum absolute atomic E-state index is 0.0153. The van der Waals surface area contributed by atoms with Crippen molar-refractivity contribution in [3.8, 4) is 17.1 Å². The van der Waals surface area contributed by atoms with E-state index in [0.717, 1.165) is 12.1 Å². The van der Waals surface area contributed by atoms with Crippen LogP contribution in [0.25, 0.3) is 22.4 Å². The average Bonchev–Trinajstić information content (AvgIpc) is 3.19. The van der Waals surface area contributed by atoms with Gasteiger partial charge >= 0.3 is 0 Å². The Morgan fingerprint density at radius 3 is 2.49 bits per heavy atom. The highest BCUT2D eigenvalue weighted by molar-refractivity contribution is 7.89. The second-order valence-corrected chi connectivity index (χ2v) is 10.6. The fourth-order valence-corrected chi connectivity index (χ4v) is 5.80. The first-order chi connectivity index (χ1) is 17.7. The highest BCUT2D eigenvalue weighted by Crippen LogP contribution is 2.32. The van der Waals surface area contributed by atoms with E-state index in [4.69, 9.17) is 9.72 Å². The summed E-state index contributed by atoms with van der Waals surface area (Å²) in [7, 11) is -2.14. The monoisotopic (exact) mass is 534 g/mol. The molecule has 0 aliphatic heterocycles. The summed E-state index contributed by atoms with van der Waals surface area (Å²) in [6.07, 6.45) is 1.50. The van der Waals surface area contributed by atoms with E-state index < -0.39 is 10.0 Å². The number of hydrogen-bond donors (Lipinski definition) is 2. The lowest BCUT2D eigenvalue weighted by Crippen LogP contribution is -2.39. The number of aromatic nitrogens is 4. The van der Waals surface area contributed by atoms with Crippen molar-refractivity contribution in [1.29, 1.82) is 0 Å². The first-order valence-corrected chi connectivity index (χ1v) is 14.2. The zero-order valence-electron chi connectivity index (χ0n) is 22.3.